The van der Waals surface area contributed by atoms with E-state index >= 15 is 0 Å². The minimum atomic E-state index is -0.424. The summed E-state index contributed by atoms with van der Waals surface area (Å²) in [4.78, 5) is 29.5. The molecule has 2 heterocycles. The summed E-state index contributed by atoms with van der Waals surface area (Å²) in [6, 6.07) is 28.7. The van der Waals surface area contributed by atoms with Crippen LogP contribution in [0.1, 0.15) is 33.0 Å². The SMILES string of the molecule is O=C(Nc1ccccc1-c1ccccc1)OC1CCN(CCNCC(=O)c2ccc(CNCc3ccc(O)cc3)s2)CC1. The molecule has 224 valence electrons. The predicted molar refractivity (Wildman–Crippen MR) is 172 cm³/mol. The fourth-order valence-electron chi connectivity index (χ4n) is 5.10. The molecule has 3 aromatic carbocycles. The number of phenolic OH excluding ortho intramolecular Hbond substituents is 1. The maximum Gasteiger partial charge on any atom is 0.411 e. The zero-order chi connectivity index (χ0) is 29.9. The van der Waals surface area contributed by atoms with Gasteiger partial charge < -0.3 is 25.4 Å². The van der Waals surface area contributed by atoms with Gasteiger partial charge >= 0.3 is 6.09 Å². The third-order valence-corrected chi connectivity index (χ3v) is 8.57. The number of hydrogen-bond donors (Lipinski definition) is 4. The highest BCUT2D eigenvalue weighted by molar-refractivity contribution is 7.14. The van der Waals surface area contributed by atoms with Gasteiger partial charge in [0.2, 0.25) is 0 Å². The number of nitrogens with zero attached hydrogens (tertiary/aromatic N) is 1. The summed E-state index contributed by atoms with van der Waals surface area (Å²) in [6.45, 7) is 4.95. The molecule has 43 heavy (non-hydrogen) atoms. The molecule has 1 fully saturated rings. The summed E-state index contributed by atoms with van der Waals surface area (Å²) in [5.74, 6) is 0.360. The molecule has 1 amide bonds. The number of amides is 1. The molecule has 0 saturated carbocycles. The fraction of sp³-hybridized carbons (Fsp3) is 0.294. The molecule has 0 bridgehead atoms. The normalized spacial score (nSPS) is 14.0. The first-order chi connectivity index (χ1) is 21.0. The highest BCUT2D eigenvalue weighted by atomic mass is 32.1. The number of carbonyl (C=O) groups is 2. The number of aromatic hydroxyl groups is 1. The maximum absolute atomic E-state index is 12.7. The van der Waals surface area contributed by atoms with Crippen LogP contribution in [0.4, 0.5) is 10.5 Å². The van der Waals surface area contributed by atoms with E-state index < -0.39 is 6.09 Å². The van der Waals surface area contributed by atoms with E-state index in [1.807, 2.05) is 78.9 Å². The lowest BCUT2D eigenvalue weighted by Gasteiger charge is -2.31. The molecule has 1 saturated heterocycles. The van der Waals surface area contributed by atoms with Crippen molar-refractivity contribution in [3.8, 4) is 16.9 Å². The second-order valence-electron chi connectivity index (χ2n) is 10.6. The molecule has 0 aliphatic carbocycles. The lowest BCUT2D eigenvalue weighted by atomic mass is 10.0. The number of ether oxygens (including phenoxy) is 1. The number of thiophene rings is 1. The van der Waals surface area contributed by atoms with Crippen molar-refractivity contribution in [3.63, 3.8) is 0 Å². The van der Waals surface area contributed by atoms with Crippen molar-refractivity contribution >= 4 is 28.9 Å². The summed E-state index contributed by atoms with van der Waals surface area (Å²) in [7, 11) is 0. The second kappa shape index (κ2) is 15.5. The molecule has 1 aliphatic rings. The van der Waals surface area contributed by atoms with Gasteiger partial charge in [-0.25, -0.2) is 4.79 Å². The van der Waals surface area contributed by atoms with Gasteiger partial charge in [0.1, 0.15) is 11.9 Å². The van der Waals surface area contributed by atoms with Crippen LogP contribution in [0.25, 0.3) is 11.1 Å². The van der Waals surface area contributed by atoms with Gasteiger partial charge in [-0.2, -0.15) is 0 Å². The smallest absolute Gasteiger partial charge is 0.411 e. The van der Waals surface area contributed by atoms with Gasteiger partial charge in [-0.15, -0.1) is 11.3 Å². The van der Waals surface area contributed by atoms with E-state index in [1.54, 1.807) is 12.1 Å². The third kappa shape index (κ3) is 9.23. The van der Waals surface area contributed by atoms with E-state index in [2.05, 4.69) is 20.9 Å². The number of piperidine rings is 1. The molecule has 4 N–H and O–H groups in total. The number of para-hydroxylation sites is 1. The average molecular weight is 599 g/mol. The van der Waals surface area contributed by atoms with E-state index in [1.165, 1.54) is 11.3 Å². The van der Waals surface area contributed by atoms with Crippen molar-refractivity contribution in [1.82, 2.24) is 15.5 Å². The molecule has 5 rings (SSSR count). The van der Waals surface area contributed by atoms with Crippen molar-refractivity contribution in [3.05, 3.63) is 106 Å². The first-order valence-corrected chi connectivity index (χ1v) is 15.5. The molecule has 1 aromatic heterocycles. The molecule has 9 heteroatoms. The van der Waals surface area contributed by atoms with Crippen LogP contribution in [-0.4, -0.2) is 60.7 Å². The fourth-order valence-corrected chi connectivity index (χ4v) is 6.01. The number of ketones is 1. The lowest BCUT2D eigenvalue weighted by Crippen LogP contribution is -2.41. The molecular formula is C34H38N4O4S. The van der Waals surface area contributed by atoms with Gasteiger partial charge in [-0.05, 0) is 54.3 Å². The largest absolute Gasteiger partial charge is 0.508 e. The van der Waals surface area contributed by atoms with Crippen LogP contribution < -0.4 is 16.0 Å². The molecule has 0 unspecified atom stereocenters. The number of nitrogens with one attached hydrogen (secondary N) is 3. The Morgan fingerprint density at radius 2 is 1.60 bits per heavy atom. The Balaban J connectivity index is 0.957. The summed E-state index contributed by atoms with van der Waals surface area (Å²) >= 11 is 1.52. The Hall–Kier alpha value is -4.02. The monoisotopic (exact) mass is 598 g/mol. The topological polar surface area (TPSA) is 103 Å². The molecule has 8 nitrogen and oxygen atoms in total. The number of anilines is 1. The molecule has 1 aliphatic heterocycles. The molecular weight excluding hydrogens is 560 g/mol. The van der Waals surface area contributed by atoms with Crippen molar-refractivity contribution in [2.24, 2.45) is 0 Å². The summed E-state index contributed by atoms with van der Waals surface area (Å²) in [6.07, 6.45) is 1.03. The predicted octanol–water partition coefficient (Wildman–Crippen LogP) is 5.90. The van der Waals surface area contributed by atoms with E-state index in [0.717, 1.165) is 71.2 Å². The Kier molecular flexibility index (Phi) is 10.9. The minimum absolute atomic E-state index is 0.0988. The average Bonchev–Trinajstić information content (AvgIpc) is 3.51. The minimum Gasteiger partial charge on any atom is -0.508 e. The van der Waals surface area contributed by atoms with E-state index in [4.69, 9.17) is 4.74 Å². The quantitative estimate of drug-likeness (QED) is 0.112. The number of likely N-dealkylation sites (tertiary alicyclic amines) is 1. The van der Waals surface area contributed by atoms with Crippen LogP contribution in [0.3, 0.4) is 0 Å². The first kappa shape index (κ1) is 30.4. The summed E-state index contributed by atoms with van der Waals surface area (Å²) < 4.78 is 5.74. The number of benzene rings is 3. The van der Waals surface area contributed by atoms with Crippen LogP contribution in [0.5, 0.6) is 5.75 Å². The Morgan fingerprint density at radius 3 is 2.40 bits per heavy atom. The van der Waals surface area contributed by atoms with Crippen molar-refractivity contribution in [1.29, 1.82) is 0 Å². The summed E-state index contributed by atoms with van der Waals surface area (Å²) in [5, 5.41) is 19.0. The maximum atomic E-state index is 12.7. The number of hydrogen-bond acceptors (Lipinski definition) is 8. The third-order valence-electron chi connectivity index (χ3n) is 7.45. The standard InChI is InChI=1S/C34H38N4O4S/c39-27-12-10-25(11-13-27)22-36-23-29-14-15-33(43-29)32(40)24-35-18-21-38-19-16-28(17-20-38)42-34(41)37-31-9-5-4-8-30(31)26-6-2-1-3-7-26/h1-15,28,35-36,39H,16-24H2,(H,37,41). The van der Waals surface area contributed by atoms with Crippen molar-refractivity contribution < 1.29 is 19.4 Å². The van der Waals surface area contributed by atoms with Gasteiger partial charge in [0.25, 0.3) is 0 Å². The summed E-state index contributed by atoms with van der Waals surface area (Å²) in [5.41, 5.74) is 3.83. The van der Waals surface area contributed by atoms with Crippen LogP contribution in [0.2, 0.25) is 0 Å². The molecule has 4 aromatic rings. The van der Waals surface area contributed by atoms with Gasteiger partial charge in [0.15, 0.2) is 5.78 Å². The second-order valence-corrected chi connectivity index (χ2v) is 11.8. The van der Waals surface area contributed by atoms with E-state index in [0.29, 0.717) is 19.6 Å². The Bertz CT molecular complexity index is 1470. The van der Waals surface area contributed by atoms with Crippen LogP contribution in [0.15, 0.2) is 91.0 Å². The van der Waals surface area contributed by atoms with Crippen molar-refractivity contribution in [2.45, 2.75) is 32.0 Å². The lowest BCUT2D eigenvalue weighted by molar-refractivity contribution is 0.0593. The number of carbonyl (C=O) groups excluding carboxylic acids is 2. The Morgan fingerprint density at radius 1 is 0.860 bits per heavy atom. The Labute approximate surface area is 256 Å². The van der Waals surface area contributed by atoms with E-state index in [-0.39, 0.29) is 17.6 Å². The molecule has 0 atom stereocenters. The number of rotatable bonds is 13. The van der Waals surface area contributed by atoms with Crippen molar-refractivity contribution in [2.75, 3.05) is 38.0 Å². The van der Waals surface area contributed by atoms with Crippen LogP contribution >= 0.6 is 11.3 Å². The zero-order valence-electron chi connectivity index (χ0n) is 24.1. The van der Waals surface area contributed by atoms with E-state index in [9.17, 15) is 14.7 Å². The van der Waals surface area contributed by atoms with Gasteiger partial charge in [-0.1, -0.05) is 60.7 Å². The highest BCUT2D eigenvalue weighted by Gasteiger charge is 2.22. The zero-order valence-corrected chi connectivity index (χ0v) is 24.9. The molecule has 0 spiro atoms. The van der Waals surface area contributed by atoms with Crippen LogP contribution in [-0.2, 0) is 17.8 Å². The number of Topliss-reactive ketones (excluding diaryl/α,β-unsaturated/α-hetero) is 1. The van der Waals surface area contributed by atoms with Crippen LogP contribution in [0, 0.1) is 0 Å². The van der Waals surface area contributed by atoms with Gasteiger partial charge in [0.05, 0.1) is 17.1 Å². The molecule has 0 radical (unpaired) electrons. The first-order valence-electron chi connectivity index (χ1n) is 14.7. The number of phenols is 1. The highest BCUT2D eigenvalue weighted by Crippen LogP contribution is 2.28. The van der Waals surface area contributed by atoms with Gasteiger partial charge in [-0.3, -0.25) is 10.1 Å². The van der Waals surface area contributed by atoms with Gasteiger partial charge in [0, 0.05) is 49.7 Å².